The molecule has 0 saturated heterocycles. The lowest BCUT2D eigenvalue weighted by Gasteiger charge is -2.32. The van der Waals surface area contributed by atoms with E-state index < -0.39 is 10.0 Å². The number of hydrogen-bond acceptors (Lipinski definition) is 6. The van der Waals surface area contributed by atoms with Crippen molar-refractivity contribution in [2.45, 2.75) is 16.7 Å². The van der Waals surface area contributed by atoms with Gasteiger partial charge in [-0.15, -0.1) is 11.3 Å². The second kappa shape index (κ2) is 6.62. The second-order valence-corrected chi connectivity index (χ2v) is 8.65. The zero-order valence-electron chi connectivity index (χ0n) is 13.8. The van der Waals surface area contributed by atoms with Crippen LogP contribution < -0.4 is 14.2 Å². The third-order valence-corrected chi connectivity index (χ3v) is 6.79. The van der Waals surface area contributed by atoms with Crippen LogP contribution in [0.5, 0.6) is 11.5 Å². The first kappa shape index (κ1) is 17.1. The largest absolute Gasteiger partial charge is 0.496 e. The van der Waals surface area contributed by atoms with Crippen LogP contribution in [-0.2, 0) is 16.4 Å². The molecule has 8 heteroatoms. The van der Waals surface area contributed by atoms with E-state index in [-0.39, 0.29) is 10.3 Å². The molecule has 1 N–H and O–H groups in total. The molecule has 6 nitrogen and oxygen atoms in total. The van der Waals surface area contributed by atoms with Crippen LogP contribution in [0, 0.1) is 0 Å². The maximum Gasteiger partial charge on any atom is 0.271 e. The van der Waals surface area contributed by atoms with Crippen molar-refractivity contribution < 1.29 is 17.9 Å². The van der Waals surface area contributed by atoms with E-state index in [0.29, 0.717) is 23.8 Å². The quantitative estimate of drug-likeness (QED) is 0.878. The first-order valence-electron chi connectivity index (χ1n) is 7.48. The average molecular weight is 368 g/mol. The molecule has 0 radical (unpaired) electrons. The van der Waals surface area contributed by atoms with Gasteiger partial charge in [0.05, 0.1) is 12.8 Å². The van der Waals surface area contributed by atoms with Crippen molar-refractivity contribution in [3.63, 3.8) is 0 Å². The second-order valence-electron chi connectivity index (χ2n) is 5.79. The highest BCUT2D eigenvalue weighted by atomic mass is 32.2. The minimum Gasteiger partial charge on any atom is -0.496 e. The van der Waals surface area contributed by atoms with Crippen LogP contribution in [0.3, 0.4) is 0 Å². The monoisotopic (exact) mass is 368 g/mol. The summed E-state index contributed by atoms with van der Waals surface area (Å²) in [5.41, 5.74) is 1.32. The molecule has 0 saturated carbocycles. The fraction of sp³-hybridized carbons (Fsp3) is 0.375. The molecule has 2 heterocycles. The maximum atomic E-state index is 12.5. The summed E-state index contributed by atoms with van der Waals surface area (Å²) in [5.74, 6) is 1.25. The number of methoxy groups -OCH3 is 1. The number of likely N-dealkylation sites (N-methyl/N-ethyl adjacent to an activating group) is 1. The van der Waals surface area contributed by atoms with E-state index in [1.165, 1.54) is 11.3 Å². The zero-order valence-corrected chi connectivity index (χ0v) is 15.4. The van der Waals surface area contributed by atoms with Crippen molar-refractivity contribution in [2.75, 3.05) is 32.5 Å². The van der Waals surface area contributed by atoms with Crippen LogP contribution in [0.15, 0.2) is 33.9 Å². The number of thiophene rings is 1. The Balaban J connectivity index is 1.98. The molecule has 1 aromatic heterocycles. The molecular formula is C16H20N2O4S2. The van der Waals surface area contributed by atoms with Crippen LogP contribution >= 0.6 is 11.3 Å². The summed E-state index contributed by atoms with van der Waals surface area (Å²) < 4.78 is 39.2. The van der Waals surface area contributed by atoms with Crippen LogP contribution in [0.25, 0.3) is 0 Å². The molecule has 1 aromatic carbocycles. The third kappa shape index (κ3) is 3.22. The standard InChI is InChI=1S/C16H20N2O4S2/c1-18(2)11-9-12-14(21-3)7-6-13(16(12)22-10-11)17-24(19,20)15-5-4-8-23-15/h4-8,11,17H,9-10H2,1-3H3/t11-/m1/s1. The van der Waals surface area contributed by atoms with Gasteiger partial charge >= 0.3 is 0 Å². The number of hydrogen-bond donors (Lipinski definition) is 1. The lowest BCUT2D eigenvalue weighted by molar-refractivity contribution is 0.164. The summed E-state index contributed by atoms with van der Waals surface area (Å²) in [7, 11) is 1.98. The van der Waals surface area contributed by atoms with Crippen LogP contribution in [-0.4, -0.2) is 47.2 Å². The van der Waals surface area contributed by atoms with Gasteiger partial charge in [-0.2, -0.15) is 0 Å². The molecule has 0 spiro atoms. The van der Waals surface area contributed by atoms with Gasteiger partial charge in [-0.3, -0.25) is 4.72 Å². The van der Waals surface area contributed by atoms with E-state index in [9.17, 15) is 8.42 Å². The van der Waals surface area contributed by atoms with Gasteiger partial charge in [-0.25, -0.2) is 8.42 Å². The van der Waals surface area contributed by atoms with Crippen LogP contribution in [0.2, 0.25) is 0 Å². The van der Waals surface area contributed by atoms with Gasteiger partial charge < -0.3 is 14.4 Å². The summed E-state index contributed by atoms with van der Waals surface area (Å²) in [5, 5.41) is 1.73. The van der Waals surface area contributed by atoms with E-state index in [1.54, 1.807) is 36.8 Å². The number of rotatable bonds is 5. The Labute approximate surface area is 146 Å². The van der Waals surface area contributed by atoms with Crippen molar-refractivity contribution >= 4 is 27.0 Å². The van der Waals surface area contributed by atoms with Gasteiger partial charge in [-0.05, 0) is 44.1 Å². The lowest BCUT2D eigenvalue weighted by Crippen LogP contribution is -2.38. The summed E-state index contributed by atoms with van der Waals surface area (Å²) in [6, 6.07) is 6.95. The normalized spacial score (nSPS) is 17.2. The summed E-state index contributed by atoms with van der Waals surface area (Å²) in [6.45, 7) is 0.501. The first-order chi connectivity index (χ1) is 11.4. The topological polar surface area (TPSA) is 67.9 Å². The lowest BCUT2D eigenvalue weighted by atomic mass is 10.00. The summed E-state index contributed by atoms with van der Waals surface area (Å²) in [4.78, 5) is 2.09. The van der Waals surface area contributed by atoms with Crippen molar-refractivity contribution in [1.82, 2.24) is 4.90 Å². The molecule has 3 rings (SSSR count). The Kier molecular flexibility index (Phi) is 4.71. The highest BCUT2D eigenvalue weighted by molar-refractivity contribution is 7.94. The van der Waals surface area contributed by atoms with E-state index in [1.807, 2.05) is 14.1 Å². The molecule has 0 fully saturated rings. The highest BCUT2D eigenvalue weighted by Crippen LogP contribution is 2.40. The van der Waals surface area contributed by atoms with Crippen molar-refractivity contribution in [3.8, 4) is 11.5 Å². The van der Waals surface area contributed by atoms with E-state index in [2.05, 4.69) is 9.62 Å². The SMILES string of the molecule is COc1ccc(NS(=O)(=O)c2cccs2)c2c1C[C@@H](N(C)C)CO2. The number of anilines is 1. The Morgan fingerprint density at radius 1 is 1.33 bits per heavy atom. The fourth-order valence-electron chi connectivity index (χ4n) is 2.66. The van der Waals surface area contributed by atoms with Crippen LogP contribution in [0.1, 0.15) is 5.56 Å². The summed E-state index contributed by atoms with van der Waals surface area (Å²) >= 11 is 1.18. The highest BCUT2D eigenvalue weighted by Gasteiger charge is 2.28. The number of nitrogens with zero attached hydrogens (tertiary/aromatic N) is 1. The predicted molar refractivity (Wildman–Crippen MR) is 94.8 cm³/mol. The third-order valence-electron chi connectivity index (χ3n) is 4.03. The molecule has 2 aromatic rings. The first-order valence-corrected chi connectivity index (χ1v) is 9.84. The Morgan fingerprint density at radius 2 is 2.12 bits per heavy atom. The summed E-state index contributed by atoms with van der Waals surface area (Å²) in [6.07, 6.45) is 0.736. The van der Waals surface area contributed by atoms with Crippen LogP contribution in [0.4, 0.5) is 5.69 Å². The van der Waals surface area contributed by atoms with Crippen molar-refractivity contribution in [2.24, 2.45) is 0 Å². The molecule has 0 amide bonds. The van der Waals surface area contributed by atoms with E-state index in [0.717, 1.165) is 12.0 Å². The average Bonchev–Trinajstić information content (AvgIpc) is 3.10. The smallest absolute Gasteiger partial charge is 0.271 e. The minimum atomic E-state index is -3.62. The molecule has 1 aliphatic rings. The number of benzene rings is 1. The molecule has 1 aliphatic heterocycles. The Bertz CT molecular complexity index is 817. The number of fused-ring (bicyclic) bond motifs is 1. The van der Waals surface area contributed by atoms with E-state index >= 15 is 0 Å². The molecule has 0 unspecified atom stereocenters. The van der Waals surface area contributed by atoms with Gasteiger partial charge in [0.15, 0.2) is 0 Å². The van der Waals surface area contributed by atoms with Crippen molar-refractivity contribution in [3.05, 3.63) is 35.2 Å². The fourth-order valence-corrected chi connectivity index (χ4v) is 4.71. The van der Waals surface area contributed by atoms with Crippen molar-refractivity contribution in [1.29, 1.82) is 0 Å². The molecule has 0 bridgehead atoms. The molecule has 1 atom stereocenters. The minimum absolute atomic E-state index is 0.218. The molecule has 0 aliphatic carbocycles. The van der Waals surface area contributed by atoms with Gasteiger partial charge in [0.25, 0.3) is 10.0 Å². The molecule has 130 valence electrons. The maximum absolute atomic E-state index is 12.5. The molecular weight excluding hydrogens is 348 g/mol. The Morgan fingerprint density at radius 3 is 2.75 bits per heavy atom. The molecule has 24 heavy (non-hydrogen) atoms. The van der Waals surface area contributed by atoms with Gasteiger partial charge in [-0.1, -0.05) is 6.07 Å². The number of nitrogens with one attached hydrogen (secondary N) is 1. The zero-order chi connectivity index (χ0) is 17.3. The van der Waals surface area contributed by atoms with Gasteiger partial charge in [0.2, 0.25) is 0 Å². The van der Waals surface area contributed by atoms with E-state index in [4.69, 9.17) is 9.47 Å². The van der Waals surface area contributed by atoms with Gasteiger partial charge in [0, 0.05) is 11.6 Å². The van der Waals surface area contributed by atoms with Gasteiger partial charge in [0.1, 0.15) is 22.3 Å². The Hall–Kier alpha value is -1.77. The number of ether oxygens (including phenoxy) is 2. The number of sulfonamides is 1. The predicted octanol–water partition coefficient (Wildman–Crippen LogP) is 2.42.